The van der Waals surface area contributed by atoms with Crippen LogP contribution in [0.2, 0.25) is 0 Å². The van der Waals surface area contributed by atoms with Crippen molar-refractivity contribution < 1.29 is 13.2 Å². The minimum absolute atomic E-state index is 0.210. The molecular formula is C16H27N3O3S. The van der Waals surface area contributed by atoms with Crippen molar-refractivity contribution in [2.24, 2.45) is 0 Å². The number of hydrogen-bond acceptors (Lipinski definition) is 3. The second-order valence-electron chi connectivity index (χ2n) is 5.20. The van der Waals surface area contributed by atoms with Crippen LogP contribution in [0.1, 0.15) is 39.2 Å². The summed E-state index contributed by atoms with van der Waals surface area (Å²) in [6.45, 7) is 7.60. The zero-order valence-corrected chi connectivity index (χ0v) is 14.9. The van der Waals surface area contributed by atoms with E-state index in [1.807, 2.05) is 13.8 Å². The number of carbonyl (C=O) groups excluding carboxylic acids is 1. The summed E-state index contributed by atoms with van der Waals surface area (Å²) in [6.07, 6.45) is 1.98. The molecule has 2 amide bonds. The Morgan fingerprint density at radius 2 is 1.65 bits per heavy atom. The lowest BCUT2D eigenvalue weighted by Gasteiger charge is -2.18. The Labute approximate surface area is 139 Å². The Balaban J connectivity index is 2.62. The van der Waals surface area contributed by atoms with Crippen LogP contribution in [0, 0.1) is 0 Å². The van der Waals surface area contributed by atoms with E-state index in [0.29, 0.717) is 26.2 Å². The number of sulfonamides is 1. The van der Waals surface area contributed by atoms with Crippen molar-refractivity contribution in [2.45, 2.75) is 45.1 Å². The van der Waals surface area contributed by atoms with Gasteiger partial charge in [-0.2, -0.15) is 4.31 Å². The van der Waals surface area contributed by atoms with Gasteiger partial charge in [-0.25, -0.2) is 13.2 Å². The van der Waals surface area contributed by atoms with Crippen molar-refractivity contribution in [2.75, 3.05) is 19.6 Å². The Morgan fingerprint density at radius 1 is 1.04 bits per heavy atom. The van der Waals surface area contributed by atoms with Gasteiger partial charge in [0, 0.05) is 26.2 Å². The fraction of sp³-hybridized carbons (Fsp3) is 0.562. The molecule has 0 radical (unpaired) electrons. The SMILES string of the molecule is CCCCNC(=O)NCc1ccc(S(=O)(=O)N(CC)CC)cc1. The van der Waals surface area contributed by atoms with Crippen molar-refractivity contribution in [1.82, 2.24) is 14.9 Å². The summed E-state index contributed by atoms with van der Waals surface area (Å²) >= 11 is 0. The molecule has 6 nitrogen and oxygen atoms in total. The quantitative estimate of drug-likeness (QED) is 0.677. The van der Waals surface area contributed by atoms with Gasteiger partial charge >= 0.3 is 6.03 Å². The normalized spacial score (nSPS) is 11.5. The van der Waals surface area contributed by atoms with Crippen LogP contribution in [0.25, 0.3) is 0 Å². The number of unbranched alkanes of at least 4 members (excludes halogenated alkanes) is 1. The standard InChI is InChI=1S/C16H27N3O3S/c1-4-7-12-17-16(20)18-13-14-8-10-15(11-9-14)23(21,22)19(5-2)6-3/h8-11H,4-7,12-13H2,1-3H3,(H2,17,18,20). The predicted molar refractivity (Wildman–Crippen MR) is 91.7 cm³/mol. The number of urea groups is 1. The van der Waals surface area contributed by atoms with E-state index in [2.05, 4.69) is 17.6 Å². The van der Waals surface area contributed by atoms with Crippen LogP contribution in [0.4, 0.5) is 4.79 Å². The van der Waals surface area contributed by atoms with Crippen LogP contribution in [0.15, 0.2) is 29.2 Å². The molecule has 130 valence electrons. The van der Waals surface area contributed by atoms with Crippen LogP contribution in [0.3, 0.4) is 0 Å². The van der Waals surface area contributed by atoms with E-state index < -0.39 is 10.0 Å². The Kier molecular flexibility index (Phi) is 8.05. The van der Waals surface area contributed by atoms with Crippen molar-refractivity contribution >= 4 is 16.1 Å². The number of nitrogens with one attached hydrogen (secondary N) is 2. The maximum Gasteiger partial charge on any atom is 0.315 e. The highest BCUT2D eigenvalue weighted by Gasteiger charge is 2.21. The summed E-state index contributed by atoms with van der Waals surface area (Å²) in [5, 5.41) is 5.52. The maximum atomic E-state index is 12.4. The zero-order chi connectivity index (χ0) is 17.3. The monoisotopic (exact) mass is 341 g/mol. The molecule has 0 unspecified atom stereocenters. The summed E-state index contributed by atoms with van der Waals surface area (Å²) in [5.74, 6) is 0. The van der Waals surface area contributed by atoms with Crippen molar-refractivity contribution in [3.05, 3.63) is 29.8 Å². The van der Waals surface area contributed by atoms with Crippen LogP contribution < -0.4 is 10.6 Å². The van der Waals surface area contributed by atoms with E-state index in [9.17, 15) is 13.2 Å². The van der Waals surface area contributed by atoms with Gasteiger partial charge in [-0.05, 0) is 24.1 Å². The third kappa shape index (κ3) is 5.84. The van der Waals surface area contributed by atoms with Crippen LogP contribution in [-0.2, 0) is 16.6 Å². The Bertz CT molecular complexity index is 581. The molecule has 2 N–H and O–H groups in total. The fourth-order valence-corrected chi connectivity index (χ4v) is 3.57. The molecule has 0 saturated carbocycles. The highest BCUT2D eigenvalue weighted by Crippen LogP contribution is 2.16. The maximum absolute atomic E-state index is 12.4. The molecule has 0 bridgehead atoms. The van der Waals surface area contributed by atoms with E-state index in [-0.39, 0.29) is 10.9 Å². The number of rotatable bonds is 9. The van der Waals surface area contributed by atoms with Gasteiger partial charge in [-0.15, -0.1) is 0 Å². The van der Waals surface area contributed by atoms with E-state index in [0.717, 1.165) is 18.4 Å². The third-order valence-electron chi connectivity index (χ3n) is 3.54. The average molecular weight is 341 g/mol. The average Bonchev–Trinajstić information content (AvgIpc) is 2.54. The summed E-state index contributed by atoms with van der Waals surface area (Å²) < 4.78 is 26.1. The number of amides is 2. The molecule has 1 aromatic rings. The second kappa shape index (κ2) is 9.52. The van der Waals surface area contributed by atoms with Gasteiger partial charge in [0.2, 0.25) is 10.0 Å². The zero-order valence-electron chi connectivity index (χ0n) is 14.1. The van der Waals surface area contributed by atoms with Gasteiger partial charge < -0.3 is 10.6 Å². The smallest absolute Gasteiger partial charge is 0.315 e. The molecule has 0 saturated heterocycles. The first kappa shape index (κ1) is 19.4. The minimum Gasteiger partial charge on any atom is -0.338 e. The lowest BCUT2D eigenvalue weighted by Crippen LogP contribution is -2.35. The summed E-state index contributed by atoms with van der Waals surface area (Å²) in [5.41, 5.74) is 0.856. The van der Waals surface area contributed by atoms with Crippen LogP contribution in [0.5, 0.6) is 0 Å². The highest BCUT2D eigenvalue weighted by molar-refractivity contribution is 7.89. The van der Waals surface area contributed by atoms with Crippen LogP contribution in [-0.4, -0.2) is 38.4 Å². The first-order valence-electron chi connectivity index (χ1n) is 8.06. The lowest BCUT2D eigenvalue weighted by molar-refractivity contribution is 0.240. The topological polar surface area (TPSA) is 78.5 Å². The van der Waals surface area contributed by atoms with Gasteiger partial charge in [0.15, 0.2) is 0 Å². The molecule has 0 aliphatic rings. The number of benzene rings is 1. The molecule has 7 heteroatoms. The van der Waals surface area contributed by atoms with Crippen molar-refractivity contribution in [3.63, 3.8) is 0 Å². The predicted octanol–water partition coefficient (Wildman–Crippen LogP) is 2.32. The van der Waals surface area contributed by atoms with E-state index >= 15 is 0 Å². The molecule has 0 aromatic heterocycles. The van der Waals surface area contributed by atoms with Gasteiger partial charge in [-0.1, -0.05) is 39.3 Å². The van der Waals surface area contributed by atoms with E-state index in [1.54, 1.807) is 24.3 Å². The first-order valence-corrected chi connectivity index (χ1v) is 9.50. The summed E-state index contributed by atoms with van der Waals surface area (Å²) in [7, 11) is -3.43. The molecule has 0 aliphatic carbocycles. The van der Waals surface area contributed by atoms with Crippen LogP contribution >= 0.6 is 0 Å². The molecule has 0 atom stereocenters. The molecule has 0 fully saturated rings. The van der Waals surface area contributed by atoms with Gasteiger partial charge in [0.25, 0.3) is 0 Å². The molecule has 0 aliphatic heterocycles. The second-order valence-corrected chi connectivity index (χ2v) is 7.13. The molecule has 0 spiro atoms. The third-order valence-corrected chi connectivity index (χ3v) is 5.60. The molecule has 23 heavy (non-hydrogen) atoms. The number of nitrogens with zero attached hydrogens (tertiary/aromatic N) is 1. The highest BCUT2D eigenvalue weighted by atomic mass is 32.2. The van der Waals surface area contributed by atoms with E-state index in [1.165, 1.54) is 4.31 Å². The molecule has 1 rings (SSSR count). The first-order chi connectivity index (χ1) is 11.0. The molecule has 1 aromatic carbocycles. The van der Waals surface area contributed by atoms with Gasteiger partial charge in [-0.3, -0.25) is 0 Å². The Hall–Kier alpha value is -1.60. The largest absolute Gasteiger partial charge is 0.338 e. The molecule has 0 heterocycles. The van der Waals surface area contributed by atoms with E-state index in [4.69, 9.17) is 0 Å². The summed E-state index contributed by atoms with van der Waals surface area (Å²) in [4.78, 5) is 11.8. The lowest BCUT2D eigenvalue weighted by atomic mass is 10.2. The van der Waals surface area contributed by atoms with Crippen molar-refractivity contribution in [1.29, 1.82) is 0 Å². The van der Waals surface area contributed by atoms with Gasteiger partial charge in [0.05, 0.1) is 4.90 Å². The van der Waals surface area contributed by atoms with Crippen molar-refractivity contribution in [3.8, 4) is 0 Å². The fourth-order valence-electron chi connectivity index (χ4n) is 2.12. The summed E-state index contributed by atoms with van der Waals surface area (Å²) in [6, 6.07) is 6.41. The Morgan fingerprint density at radius 3 is 2.17 bits per heavy atom. The molecular weight excluding hydrogens is 314 g/mol. The van der Waals surface area contributed by atoms with Gasteiger partial charge in [0.1, 0.15) is 0 Å². The number of hydrogen-bond donors (Lipinski definition) is 2. The minimum atomic E-state index is -3.43. The number of carbonyl (C=O) groups is 1.